The Bertz CT molecular complexity index is 644. The second kappa shape index (κ2) is 4.82. The molecule has 0 aromatic heterocycles. The molecule has 2 fully saturated rings. The van der Waals surface area contributed by atoms with Crippen molar-refractivity contribution in [3.8, 4) is 0 Å². The number of sulfonamides is 1. The van der Waals surface area contributed by atoms with Crippen LogP contribution in [-0.4, -0.2) is 19.4 Å². The molecule has 2 aliphatic rings. The van der Waals surface area contributed by atoms with Gasteiger partial charge >= 0.3 is 0 Å². The van der Waals surface area contributed by atoms with Crippen LogP contribution >= 0.6 is 0 Å². The SMILES string of the molecule is O=[N+]([O-])c1cccc(S(=O)(=O)N[C@H]2C[C@H]3CC[C@@H]2C3)c1. The molecule has 0 aliphatic heterocycles. The van der Waals surface area contributed by atoms with Gasteiger partial charge in [0.25, 0.3) is 5.69 Å². The van der Waals surface area contributed by atoms with Crippen molar-refractivity contribution in [3.05, 3.63) is 34.4 Å². The number of rotatable bonds is 4. The molecule has 0 amide bonds. The molecular formula is C13H16N2O4S. The van der Waals surface area contributed by atoms with Gasteiger partial charge in [0.2, 0.25) is 10.0 Å². The number of nitro benzene ring substituents is 1. The molecule has 0 spiro atoms. The number of nitrogens with one attached hydrogen (secondary N) is 1. The molecule has 0 unspecified atom stereocenters. The van der Waals surface area contributed by atoms with Crippen molar-refractivity contribution >= 4 is 15.7 Å². The summed E-state index contributed by atoms with van der Waals surface area (Å²) in [6.07, 6.45) is 4.26. The second-order valence-electron chi connectivity index (χ2n) is 5.66. The molecule has 108 valence electrons. The summed E-state index contributed by atoms with van der Waals surface area (Å²) in [7, 11) is -3.68. The van der Waals surface area contributed by atoms with Crippen LogP contribution < -0.4 is 4.72 Å². The summed E-state index contributed by atoms with van der Waals surface area (Å²) in [6, 6.07) is 5.17. The topological polar surface area (TPSA) is 89.3 Å². The largest absolute Gasteiger partial charge is 0.270 e. The van der Waals surface area contributed by atoms with Crippen molar-refractivity contribution in [2.75, 3.05) is 0 Å². The molecule has 1 N–H and O–H groups in total. The zero-order valence-electron chi connectivity index (χ0n) is 10.9. The summed E-state index contributed by atoms with van der Waals surface area (Å²) in [4.78, 5) is 10.1. The van der Waals surface area contributed by atoms with Gasteiger partial charge in [0.15, 0.2) is 0 Å². The highest BCUT2D eigenvalue weighted by atomic mass is 32.2. The molecule has 0 radical (unpaired) electrons. The molecule has 0 heterocycles. The van der Waals surface area contributed by atoms with Crippen molar-refractivity contribution in [1.29, 1.82) is 0 Å². The molecule has 2 bridgehead atoms. The average Bonchev–Trinajstić information content (AvgIpc) is 3.00. The van der Waals surface area contributed by atoms with Gasteiger partial charge in [-0.05, 0) is 37.2 Å². The van der Waals surface area contributed by atoms with Crippen LogP contribution in [0.5, 0.6) is 0 Å². The maximum absolute atomic E-state index is 12.3. The van der Waals surface area contributed by atoms with Gasteiger partial charge in [-0.15, -0.1) is 0 Å². The van der Waals surface area contributed by atoms with E-state index in [2.05, 4.69) is 4.72 Å². The molecular weight excluding hydrogens is 280 g/mol. The van der Waals surface area contributed by atoms with E-state index in [1.807, 2.05) is 0 Å². The Morgan fingerprint density at radius 2 is 2.05 bits per heavy atom. The lowest BCUT2D eigenvalue weighted by atomic mass is 9.96. The van der Waals surface area contributed by atoms with Crippen LogP contribution in [0.25, 0.3) is 0 Å². The molecule has 2 saturated carbocycles. The molecule has 2 aliphatic carbocycles. The first-order valence-electron chi connectivity index (χ1n) is 6.72. The maximum atomic E-state index is 12.3. The lowest BCUT2D eigenvalue weighted by Crippen LogP contribution is -2.38. The van der Waals surface area contributed by atoms with Crippen LogP contribution in [0.1, 0.15) is 25.7 Å². The number of hydrogen-bond donors (Lipinski definition) is 1. The number of non-ortho nitro benzene ring substituents is 1. The minimum atomic E-state index is -3.68. The highest BCUT2D eigenvalue weighted by Crippen LogP contribution is 2.44. The van der Waals surface area contributed by atoms with E-state index in [1.54, 1.807) is 0 Å². The lowest BCUT2D eigenvalue weighted by Gasteiger charge is -2.22. The minimum Gasteiger partial charge on any atom is -0.258 e. The number of fused-ring (bicyclic) bond motifs is 2. The Labute approximate surface area is 117 Å². The van der Waals surface area contributed by atoms with E-state index in [1.165, 1.54) is 24.6 Å². The molecule has 3 rings (SSSR count). The summed E-state index contributed by atoms with van der Waals surface area (Å²) in [5.41, 5.74) is -0.208. The average molecular weight is 296 g/mol. The van der Waals surface area contributed by atoms with Gasteiger partial charge in [0.05, 0.1) is 9.82 Å². The van der Waals surface area contributed by atoms with Crippen molar-refractivity contribution in [2.24, 2.45) is 11.8 Å². The zero-order valence-corrected chi connectivity index (χ0v) is 11.7. The van der Waals surface area contributed by atoms with Gasteiger partial charge < -0.3 is 0 Å². The standard InChI is InChI=1S/C13H16N2O4S/c16-15(17)11-2-1-3-12(8-11)20(18,19)14-13-7-9-4-5-10(13)6-9/h1-3,8-10,13-14H,4-7H2/t9-,10+,13-/m0/s1. The van der Waals surface area contributed by atoms with Crippen LogP contribution in [0.2, 0.25) is 0 Å². The summed E-state index contributed by atoms with van der Waals surface area (Å²) in [5.74, 6) is 1.06. The first-order valence-corrected chi connectivity index (χ1v) is 8.21. The highest BCUT2D eigenvalue weighted by molar-refractivity contribution is 7.89. The molecule has 6 nitrogen and oxygen atoms in total. The van der Waals surface area contributed by atoms with Crippen molar-refractivity contribution in [3.63, 3.8) is 0 Å². The van der Waals surface area contributed by atoms with Crippen LogP contribution in [-0.2, 0) is 10.0 Å². The first-order chi connectivity index (χ1) is 9.45. The van der Waals surface area contributed by atoms with E-state index < -0.39 is 14.9 Å². The minimum absolute atomic E-state index is 0.0157. The first kappa shape index (κ1) is 13.5. The van der Waals surface area contributed by atoms with E-state index in [0.717, 1.165) is 25.3 Å². The maximum Gasteiger partial charge on any atom is 0.270 e. The van der Waals surface area contributed by atoms with Crippen molar-refractivity contribution in [1.82, 2.24) is 4.72 Å². The van der Waals surface area contributed by atoms with Crippen molar-refractivity contribution < 1.29 is 13.3 Å². The van der Waals surface area contributed by atoms with E-state index in [9.17, 15) is 18.5 Å². The summed E-state index contributed by atoms with van der Waals surface area (Å²) < 4.78 is 27.3. The molecule has 0 saturated heterocycles. The summed E-state index contributed by atoms with van der Waals surface area (Å²) >= 11 is 0. The highest BCUT2D eigenvalue weighted by Gasteiger charge is 2.41. The number of hydrogen-bond acceptors (Lipinski definition) is 4. The normalized spacial score (nSPS) is 28.7. The zero-order chi connectivity index (χ0) is 14.3. The summed E-state index contributed by atoms with van der Waals surface area (Å²) in [5, 5.41) is 10.7. The van der Waals surface area contributed by atoms with Crippen LogP contribution in [0.3, 0.4) is 0 Å². The van der Waals surface area contributed by atoms with Crippen LogP contribution in [0.15, 0.2) is 29.2 Å². The number of benzene rings is 1. The van der Waals surface area contributed by atoms with E-state index in [-0.39, 0.29) is 16.6 Å². The fourth-order valence-electron chi connectivity index (χ4n) is 3.42. The van der Waals surface area contributed by atoms with Gasteiger partial charge in [0.1, 0.15) is 0 Å². The van der Waals surface area contributed by atoms with Gasteiger partial charge in [-0.3, -0.25) is 10.1 Å². The molecule has 1 aromatic carbocycles. The van der Waals surface area contributed by atoms with Crippen LogP contribution in [0.4, 0.5) is 5.69 Å². The van der Waals surface area contributed by atoms with E-state index >= 15 is 0 Å². The third-order valence-electron chi connectivity index (χ3n) is 4.38. The smallest absolute Gasteiger partial charge is 0.258 e. The van der Waals surface area contributed by atoms with Crippen molar-refractivity contribution in [2.45, 2.75) is 36.6 Å². The Hall–Kier alpha value is -1.47. The lowest BCUT2D eigenvalue weighted by molar-refractivity contribution is -0.385. The predicted molar refractivity (Wildman–Crippen MR) is 72.7 cm³/mol. The fourth-order valence-corrected chi connectivity index (χ4v) is 4.78. The Balaban J connectivity index is 1.81. The fraction of sp³-hybridized carbons (Fsp3) is 0.538. The molecule has 7 heteroatoms. The Morgan fingerprint density at radius 3 is 2.65 bits per heavy atom. The third kappa shape index (κ3) is 2.43. The van der Waals surface area contributed by atoms with Gasteiger partial charge in [-0.25, -0.2) is 13.1 Å². The predicted octanol–water partition coefficient (Wildman–Crippen LogP) is 2.06. The second-order valence-corrected chi connectivity index (χ2v) is 7.37. The number of nitro groups is 1. The van der Waals surface area contributed by atoms with Gasteiger partial charge in [-0.1, -0.05) is 12.5 Å². The third-order valence-corrected chi connectivity index (χ3v) is 5.87. The monoisotopic (exact) mass is 296 g/mol. The Kier molecular flexibility index (Phi) is 3.25. The molecule has 3 atom stereocenters. The molecule has 1 aromatic rings. The quantitative estimate of drug-likeness (QED) is 0.680. The van der Waals surface area contributed by atoms with E-state index in [0.29, 0.717) is 11.8 Å². The van der Waals surface area contributed by atoms with Gasteiger partial charge in [0, 0.05) is 18.2 Å². The summed E-state index contributed by atoms with van der Waals surface area (Å²) in [6.45, 7) is 0. The Morgan fingerprint density at radius 1 is 1.25 bits per heavy atom. The van der Waals surface area contributed by atoms with E-state index in [4.69, 9.17) is 0 Å². The van der Waals surface area contributed by atoms with Gasteiger partial charge in [-0.2, -0.15) is 0 Å². The number of nitrogens with zero attached hydrogens (tertiary/aromatic N) is 1. The molecule has 20 heavy (non-hydrogen) atoms. The van der Waals surface area contributed by atoms with Crippen LogP contribution in [0, 0.1) is 22.0 Å².